The summed E-state index contributed by atoms with van der Waals surface area (Å²) >= 11 is 0. The average Bonchev–Trinajstić information content (AvgIpc) is 3.21. The van der Waals surface area contributed by atoms with E-state index >= 15 is 0 Å². The number of hydrogen-bond donors (Lipinski definition) is 1. The molecule has 0 radical (unpaired) electrons. The van der Waals surface area contributed by atoms with Crippen LogP contribution in [0.15, 0.2) is 42.7 Å². The van der Waals surface area contributed by atoms with Crippen molar-refractivity contribution >= 4 is 17.3 Å². The molecule has 2 aliphatic heterocycles. The van der Waals surface area contributed by atoms with Crippen LogP contribution in [0.25, 0.3) is 5.69 Å². The summed E-state index contributed by atoms with van der Waals surface area (Å²) < 4.78 is 33.9. The number of nitrogens with zero attached hydrogens (tertiary/aromatic N) is 5. The monoisotopic (exact) mass is 440 g/mol. The van der Waals surface area contributed by atoms with Gasteiger partial charge in [-0.2, -0.15) is 4.98 Å². The Kier molecular flexibility index (Phi) is 5.75. The first-order valence-corrected chi connectivity index (χ1v) is 10.9. The van der Waals surface area contributed by atoms with Gasteiger partial charge in [0.05, 0.1) is 18.9 Å². The highest BCUT2D eigenvalue weighted by atomic mass is 19.1. The van der Waals surface area contributed by atoms with Crippen molar-refractivity contribution in [2.75, 3.05) is 49.6 Å². The highest BCUT2D eigenvalue weighted by Gasteiger charge is 2.32. The van der Waals surface area contributed by atoms with E-state index in [1.54, 1.807) is 0 Å². The van der Waals surface area contributed by atoms with Crippen LogP contribution in [-0.2, 0) is 11.2 Å². The molecule has 2 saturated heterocycles. The third-order valence-electron chi connectivity index (χ3n) is 6.04. The Hall–Kier alpha value is -3.04. The van der Waals surface area contributed by atoms with Gasteiger partial charge in [-0.1, -0.05) is 6.92 Å². The Bertz CT molecular complexity index is 1070. The maximum atomic E-state index is 13.5. The van der Waals surface area contributed by atoms with Gasteiger partial charge in [0.1, 0.15) is 18.0 Å². The summed E-state index contributed by atoms with van der Waals surface area (Å²) in [6.07, 6.45) is 2.34. The van der Waals surface area contributed by atoms with E-state index in [4.69, 9.17) is 4.74 Å². The second-order valence-electron chi connectivity index (χ2n) is 8.21. The van der Waals surface area contributed by atoms with Crippen LogP contribution < -0.4 is 10.2 Å². The van der Waals surface area contributed by atoms with E-state index in [-0.39, 0.29) is 5.69 Å². The van der Waals surface area contributed by atoms with Crippen LogP contribution >= 0.6 is 0 Å². The summed E-state index contributed by atoms with van der Waals surface area (Å²) in [5.74, 6) is -0.950. The normalized spacial score (nSPS) is 17.4. The van der Waals surface area contributed by atoms with Gasteiger partial charge in [-0.25, -0.2) is 13.5 Å². The minimum atomic E-state index is -0.657. The predicted octanol–water partition coefficient (Wildman–Crippen LogP) is 3.37. The third kappa shape index (κ3) is 4.44. The molecule has 3 aromatic rings. The van der Waals surface area contributed by atoms with Crippen LogP contribution in [-0.4, -0.2) is 65.1 Å². The van der Waals surface area contributed by atoms with Crippen LogP contribution in [0.2, 0.25) is 0 Å². The highest BCUT2D eigenvalue weighted by Crippen LogP contribution is 2.29. The quantitative estimate of drug-likeness (QED) is 0.634. The van der Waals surface area contributed by atoms with Crippen LogP contribution in [0.4, 0.5) is 26.1 Å². The number of morpholine rings is 1. The van der Waals surface area contributed by atoms with Gasteiger partial charge in [-0.05, 0) is 42.3 Å². The lowest BCUT2D eigenvalue weighted by atomic mass is 10.0. The van der Waals surface area contributed by atoms with Crippen molar-refractivity contribution in [1.29, 1.82) is 0 Å². The van der Waals surface area contributed by atoms with Crippen molar-refractivity contribution in [2.45, 2.75) is 19.4 Å². The first kappa shape index (κ1) is 20.8. The van der Waals surface area contributed by atoms with Crippen LogP contribution in [0.1, 0.15) is 12.5 Å². The SMILES string of the molecule is CCc1cc(Nc2ncn(-c3cc(F)cc(F)c3)n2)cc(N2CC(N3CCOCC3)C2)c1. The van der Waals surface area contributed by atoms with E-state index in [0.717, 1.165) is 57.6 Å². The molecule has 9 heteroatoms. The van der Waals surface area contributed by atoms with E-state index in [0.29, 0.717) is 12.0 Å². The van der Waals surface area contributed by atoms with Gasteiger partial charge in [-0.15, -0.1) is 5.10 Å². The van der Waals surface area contributed by atoms with Crippen molar-refractivity contribution in [3.8, 4) is 5.69 Å². The lowest BCUT2D eigenvalue weighted by Gasteiger charge is -2.47. The first-order valence-electron chi connectivity index (χ1n) is 10.9. The lowest BCUT2D eigenvalue weighted by Crippen LogP contribution is -2.61. The Morgan fingerprint density at radius 2 is 1.75 bits per heavy atom. The van der Waals surface area contributed by atoms with Gasteiger partial charge in [-0.3, -0.25) is 4.90 Å². The fraction of sp³-hybridized carbons (Fsp3) is 0.391. The number of benzene rings is 2. The number of halogens is 2. The Balaban J connectivity index is 1.30. The predicted molar refractivity (Wildman–Crippen MR) is 119 cm³/mol. The number of aromatic nitrogens is 3. The maximum Gasteiger partial charge on any atom is 0.246 e. The lowest BCUT2D eigenvalue weighted by molar-refractivity contribution is 0.0105. The zero-order valence-electron chi connectivity index (χ0n) is 18.0. The van der Waals surface area contributed by atoms with Crippen LogP contribution in [0.5, 0.6) is 0 Å². The average molecular weight is 440 g/mol. The maximum absolute atomic E-state index is 13.5. The topological polar surface area (TPSA) is 58.5 Å². The minimum absolute atomic E-state index is 0.279. The van der Waals surface area contributed by atoms with Gasteiger partial charge < -0.3 is 15.0 Å². The number of rotatable bonds is 6. The molecule has 0 bridgehead atoms. The molecule has 7 nitrogen and oxygen atoms in total. The zero-order valence-corrected chi connectivity index (χ0v) is 18.0. The first-order chi connectivity index (χ1) is 15.6. The molecule has 0 aliphatic carbocycles. The number of nitrogens with one attached hydrogen (secondary N) is 1. The molecule has 0 atom stereocenters. The largest absolute Gasteiger partial charge is 0.379 e. The zero-order chi connectivity index (χ0) is 22.1. The fourth-order valence-electron chi connectivity index (χ4n) is 4.22. The Morgan fingerprint density at radius 3 is 2.47 bits per heavy atom. The molecule has 0 unspecified atom stereocenters. The highest BCUT2D eigenvalue weighted by molar-refractivity contribution is 5.65. The van der Waals surface area contributed by atoms with Crippen molar-refractivity contribution in [3.63, 3.8) is 0 Å². The molecule has 2 aromatic carbocycles. The van der Waals surface area contributed by atoms with E-state index in [1.165, 1.54) is 34.4 Å². The number of anilines is 3. The van der Waals surface area contributed by atoms with E-state index in [2.05, 4.69) is 50.3 Å². The Labute approximate surface area is 185 Å². The molecule has 168 valence electrons. The molecular formula is C23H26F2N6O. The summed E-state index contributed by atoms with van der Waals surface area (Å²) in [6, 6.07) is 10.2. The van der Waals surface area contributed by atoms with Crippen molar-refractivity contribution < 1.29 is 13.5 Å². The van der Waals surface area contributed by atoms with E-state index in [9.17, 15) is 8.78 Å². The number of ether oxygens (including phenoxy) is 1. The molecule has 2 fully saturated rings. The molecule has 3 heterocycles. The smallest absolute Gasteiger partial charge is 0.246 e. The number of hydrogen-bond acceptors (Lipinski definition) is 6. The second kappa shape index (κ2) is 8.84. The van der Waals surface area contributed by atoms with Crippen LogP contribution in [0.3, 0.4) is 0 Å². The van der Waals surface area contributed by atoms with Gasteiger partial charge in [0.2, 0.25) is 5.95 Å². The third-order valence-corrected chi connectivity index (χ3v) is 6.04. The van der Waals surface area contributed by atoms with Crippen molar-refractivity contribution in [2.24, 2.45) is 0 Å². The molecule has 0 amide bonds. The van der Waals surface area contributed by atoms with Crippen LogP contribution in [0, 0.1) is 11.6 Å². The standard InChI is InChI=1S/C23H26F2N6O/c1-2-16-7-19(12-20(8-16)30-13-22(14-30)29-3-5-32-6-4-29)27-23-26-15-31(28-23)21-10-17(24)9-18(25)11-21/h7-12,15,22H,2-6,13-14H2,1H3,(H,27,28). The molecule has 1 N–H and O–H groups in total. The summed E-state index contributed by atoms with van der Waals surface area (Å²) in [5, 5.41) is 7.56. The summed E-state index contributed by atoms with van der Waals surface area (Å²) in [4.78, 5) is 9.14. The van der Waals surface area contributed by atoms with Gasteiger partial charge >= 0.3 is 0 Å². The minimum Gasteiger partial charge on any atom is -0.379 e. The number of aryl methyl sites for hydroxylation is 1. The molecule has 1 aromatic heterocycles. The van der Waals surface area contributed by atoms with E-state index in [1.807, 2.05) is 0 Å². The molecule has 0 saturated carbocycles. The molecule has 0 spiro atoms. The molecule has 32 heavy (non-hydrogen) atoms. The second-order valence-corrected chi connectivity index (χ2v) is 8.21. The summed E-state index contributed by atoms with van der Waals surface area (Å²) in [7, 11) is 0. The van der Waals surface area contributed by atoms with Gasteiger partial charge in [0.15, 0.2) is 0 Å². The fourth-order valence-corrected chi connectivity index (χ4v) is 4.22. The summed E-state index contributed by atoms with van der Waals surface area (Å²) in [5.41, 5.74) is 3.55. The molecule has 2 aliphatic rings. The Morgan fingerprint density at radius 1 is 1.00 bits per heavy atom. The van der Waals surface area contributed by atoms with Gasteiger partial charge in [0.25, 0.3) is 0 Å². The van der Waals surface area contributed by atoms with E-state index < -0.39 is 11.6 Å². The van der Waals surface area contributed by atoms with Gasteiger partial charge in [0, 0.05) is 49.7 Å². The molecular weight excluding hydrogens is 414 g/mol. The van der Waals surface area contributed by atoms with Crippen molar-refractivity contribution in [1.82, 2.24) is 19.7 Å². The summed E-state index contributed by atoms with van der Waals surface area (Å²) in [6.45, 7) is 7.78. The van der Waals surface area contributed by atoms with Crippen molar-refractivity contribution in [3.05, 3.63) is 59.9 Å². The molecule has 5 rings (SSSR count).